The summed E-state index contributed by atoms with van der Waals surface area (Å²) >= 11 is 4.76. The molecule has 0 radical (unpaired) electrons. The Labute approximate surface area is 110 Å². The van der Waals surface area contributed by atoms with E-state index in [9.17, 15) is 8.42 Å². The van der Waals surface area contributed by atoms with Gasteiger partial charge in [-0.05, 0) is 25.7 Å². The third-order valence-corrected chi connectivity index (χ3v) is 6.19. The monoisotopic (exact) mass is 278 g/mol. The Morgan fingerprint density at radius 3 is 2.41 bits per heavy atom. The van der Waals surface area contributed by atoms with Crippen molar-refractivity contribution in [3.05, 3.63) is 0 Å². The Bertz CT molecular complexity index is 362. The lowest BCUT2D eigenvalue weighted by Crippen LogP contribution is -2.43. The van der Waals surface area contributed by atoms with Crippen molar-refractivity contribution >= 4 is 27.2 Å². The summed E-state index contributed by atoms with van der Waals surface area (Å²) in [7, 11) is -1.75. The van der Waals surface area contributed by atoms with E-state index in [1.54, 1.807) is 14.0 Å². The minimum Gasteiger partial charge on any atom is -0.392 e. The van der Waals surface area contributed by atoms with Crippen LogP contribution in [-0.2, 0) is 10.0 Å². The van der Waals surface area contributed by atoms with Gasteiger partial charge in [0, 0.05) is 13.6 Å². The highest BCUT2D eigenvalue weighted by Gasteiger charge is 2.29. The molecule has 0 aromatic rings. The molecule has 0 heterocycles. The fraction of sp³-hybridized carbons (Fsp3) is 0.909. The summed E-state index contributed by atoms with van der Waals surface area (Å²) in [5.41, 5.74) is 5.42. The van der Waals surface area contributed by atoms with Gasteiger partial charge in [0.2, 0.25) is 10.0 Å². The van der Waals surface area contributed by atoms with Crippen LogP contribution in [-0.4, -0.2) is 36.6 Å². The van der Waals surface area contributed by atoms with Gasteiger partial charge >= 0.3 is 0 Å². The van der Waals surface area contributed by atoms with Gasteiger partial charge in [-0.15, -0.1) is 0 Å². The van der Waals surface area contributed by atoms with E-state index < -0.39 is 15.3 Å². The molecule has 2 N–H and O–H groups in total. The van der Waals surface area contributed by atoms with Gasteiger partial charge in [0.25, 0.3) is 0 Å². The minimum atomic E-state index is -3.37. The Morgan fingerprint density at radius 1 is 1.41 bits per heavy atom. The fourth-order valence-electron chi connectivity index (χ4n) is 2.25. The second kappa shape index (κ2) is 6.11. The smallest absolute Gasteiger partial charge is 0.222 e. The molecule has 1 atom stereocenters. The van der Waals surface area contributed by atoms with Crippen molar-refractivity contribution < 1.29 is 8.42 Å². The Hall–Kier alpha value is -0.200. The number of sulfonamides is 1. The average Bonchev–Trinajstić information content (AvgIpc) is 2.29. The van der Waals surface area contributed by atoms with Crippen molar-refractivity contribution in [2.45, 2.75) is 44.3 Å². The first-order valence-electron chi connectivity index (χ1n) is 6.10. The molecule has 100 valence electrons. The van der Waals surface area contributed by atoms with Crippen molar-refractivity contribution in [2.75, 3.05) is 13.6 Å². The lowest BCUT2D eigenvalue weighted by Gasteiger charge is -2.28. The van der Waals surface area contributed by atoms with Crippen LogP contribution in [0.1, 0.15) is 39.0 Å². The van der Waals surface area contributed by atoms with Gasteiger partial charge < -0.3 is 5.73 Å². The summed E-state index contributed by atoms with van der Waals surface area (Å²) in [6, 6.07) is 0. The predicted octanol–water partition coefficient (Wildman–Crippen LogP) is 1.50. The number of nitrogens with zero attached hydrogens (tertiary/aromatic N) is 1. The van der Waals surface area contributed by atoms with Crippen LogP contribution in [0.25, 0.3) is 0 Å². The molecule has 1 unspecified atom stereocenters. The van der Waals surface area contributed by atoms with E-state index in [0.29, 0.717) is 12.5 Å². The van der Waals surface area contributed by atoms with Crippen molar-refractivity contribution in [1.29, 1.82) is 0 Å². The molecule has 0 saturated heterocycles. The molecule has 0 amide bonds. The van der Waals surface area contributed by atoms with Gasteiger partial charge in [0.1, 0.15) is 5.25 Å². The molecule has 1 fully saturated rings. The van der Waals surface area contributed by atoms with Gasteiger partial charge in [0.05, 0.1) is 4.99 Å². The molecule has 1 rings (SSSR count). The van der Waals surface area contributed by atoms with Crippen LogP contribution >= 0.6 is 12.2 Å². The van der Waals surface area contributed by atoms with E-state index >= 15 is 0 Å². The summed E-state index contributed by atoms with van der Waals surface area (Å²) in [6.07, 6.45) is 5.95. The molecular formula is C11H22N2O2S2. The second-order valence-corrected chi connectivity index (χ2v) is 7.71. The molecule has 0 aromatic heterocycles. The molecule has 1 aliphatic carbocycles. The zero-order valence-electron chi connectivity index (χ0n) is 10.6. The number of nitrogens with two attached hydrogens (primary N) is 1. The van der Waals surface area contributed by atoms with Crippen LogP contribution in [0.15, 0.2) is 0 Å². The Kier molecular flexibility index (Phi) is 5.34. The maximum Gasteiger partial charge on any atom is 0.222 e. The Balaban J connectivity index is 2.62. The van der Waals surface area contributed by atoms with Crippen LogP contribution in [0, 0.1) is 5.92 Å². The van der Waals surface area contributed by atoms with Gasteiger partial charge in [-0.2, -0.15) is 0 Å². The summed E-state index contributed by atoms with van der Waals surface area (Å²) in [5, 5.41) is -0.772. The van der Waals surface area contributed by atoms with Crippen molar-refractivity contribution in [3.63, 3.8) is 0 Å². The first kappa shape index (κ1) is 14.9. The minimum absolute atomic E-state index is 0.0421. The number of hydrogen-bond donors (Lipinski definition) is 1. The molecule has 17 heavy (non-hydrogen) atoms. The van der Waals surface area contributed by atoms with E-state index in [1.165, 1.54) is 23.6 Å². The van der Waals surface area contributed by atoms with Crippen LogP contribution in [0.3, 0.4) is 0 Å². The molecule has 1 saturated carbocycles. The van der Waals surface area contributed by atoms with Gasteiger partial charge in [-0.1, -0.05) is 31.5 Å². The van der Waals surface area contributed by atoms with Gasteiger partial charge in [-0.25, -0.2) is 12.7 Å². The van der Waals surface area contributed by atoms with Crippen molar-refractivity contribution in [1.82, 2.24) is 4.31 Å². The van der Waals surface area contributed by atoms with Crippen LogP contribution in [0.2, 0.25) is 0 Å². The molecule has 1 aliphatic rings. The molecular weight excluding hydrogens is 256 g/mol. The molecule has 4 nitrogen and oxygen atoms in total. The first-order valence-corrected chi connectivity index (χ1v) is 8.01. The summed E-state index contributed by atoms with van der Waals surface area (Å²) in [4.78, 5) is 0.0421. The summed E-state index contributed by atoms with van der Waals surface area (Å²) in [6.45, 7) is 2.14. The maximum atomic E-state index is 12.1. The highest BCUT2D eigenvalue weighted by Crippen LogP contribution is 2.25. The zero-order chi connectivity index (χ0) is 13.1. The standard InChI is InChI=1S/C11H22N2O2S2/c1-9(11(12)16)17(14,15)13(2)8-10-6-4-3-5-7-10/h9-10H,3-8H2,1-2H3,(H2,12,16). The zero-order valence-corrected chi connectivity index (χ0v) is 12.2. The summed E-state index contributed by atoms with van der Waals surface area (Å²) < 4.78 is 25.6. The third-order valence-electron chi connectivity index (χ3n) is 3.52. The van der Waals surface area contributed by atoms with Crippen LogP contribution in [0.5, 0.6) is 0 Å². The number of rotatable bonds is 5. The quantitative estimate of drug-likeness (QED) is 0.774. The van der Waals surface area contributed by atoms with E-state index in [2.05, 4.69) is 0 Å². The third kappa shape index (κ3) is 3.89. The van der Waals surface area contributed by atoms with Gasteiger partial charge in [-0.3, -0.25) is 0 Å². The highest BCUT2D eigenvalue weighted by molar-refractivity contribution is 7.92. The topological polar surface area (TPSA) is 63.4 Å². The maximum absolute atomic E-state index is 12.1. The van der Waals surface area contributed by atoms with Gasteiger partial charge in [0.15, 0.2) is 0 Å². The lowest BCUT2D eigenvalue weighted by molar-refractivity contribution is 0.299. The lowest BCUT2D eigenvalue weighted by atomic mass is 9.89. The SMILES string of the molecule is CC(C(N)=S)S(=O)(=O)N(C)CC1CCCCC1. The van der Waals surface area contributed by atoms with Crippen LogP contribution < -0.4 is 5.73 Å². The fourth-order valence-corrected chi connectivity index (χ4v) is 3.87. The second-order valence-electron chi connectivity index (χ2n) is 4.87. The van der Waals surface area contributed by atoms with Crippen molar-refractivity contribution in [2.24, 2.45) is 11.7 Å². The number of thiocarbonyl (C=S) groups is 1. The average molecular weight is 278 g/mol. The van der Waals surface area contributed by atoms with Crippen LogP contribution in [0.4, 0.5) is 0 Å². The van der Waals surface area contributed by atoms with E-state index in [-0.39, 0.29) is 4.99 Å². The van der Waals surface area contributed by atoms with Crippen molar-refractivity contribution in [3.8, 4) is 0 Å². The normalized spacial score (nSPS) is 20.4. The summed E-state index contributed by atoms with van der Waals surface area (Å²) in [5.74, 6) is 0.488. The highest BCUT2D eigenvalue weighted by atomic mass is 32.2. The molecule has 6 heteroatoms. The predicted molar refractivity (Wildman–Crippen MR) is 74.4 cm³/mol. The largest absolute Gasteiger partial charge is 0.392 e. The van der Waals surface area contributed by atoms with E-state index in [1.807, 2.05) is 0 Å². The molecule has 0 bridgehead atoms. The Morgan fingerprint density at radius 2 is 1.94 bits per heavy atom. The van der Waals surface area contributed by atoms with E-state index in [0.717, 1.165) is 12.8 Å². The first-order chi connectivity index (χ1) is 7.85. The molecule has 0 aliphatic heterocycles. The van der Waals surface area contributed by atoms with E-state index in [4.69, 9.17) is 18.0 Å². The molecule has 0 aromatic carbocycles. The number of hydrogen-bond acceptors (Lipinski definition) is 3. The molecule has 0 spiro atoms.